The van der Waals surface area contributed by atoms with Crippen LogP contribution in [0.25, 0.3) is 0 Å². The minimum Gasteiger partial charge on any atom is -0.465 e. The highest BCUT2D eigenvalue weighted by Crippen LogP contribution is 2.16. The molecule has 0 aliphatic carbocycles. The van der Waals surface area contributed by atoms with Crippen LogP contribution in [0.2, 0.25) is 0 Å². The van der Waals surface area contributed by atoms with Crippen molar-refractivity contribution in [1.29, 1.82) is 0 Å². The van der Waals surface area contributed by atoms with Crippen molar-refractivity contribution in [2.75, 3.05) is 18.6 Å². The van der Waals surface area contributed by atoms with Gasteiger partial charge in [0.2, 0.25) is 11.8 Å². The minimum atomic E-state index is -0.452. The number of carbonyl (C=O) groups excluding carboxylic acids is 3. The number of methoxy groups -OCH3 is 1. The molecule has 120 valence electrons. The molecule has 6 nitrogen and oxygen atoms in total. The normalized spacial score (nSPS) is 10.8. The van der Waals surface area contributed by atoms with Crippen molar-refractivity contribution >= 4 is 23.5 Å². The van der Waals surface area contributed by atoms with E-state index in [1.807, 2.05) is 20.8 Å². The van der Waals surface area contributed by atoms with Crippen molar-refractivity contribution in [3.05, 3.63) is 29.8 Å². The number of carbonyl (C=O) groups is 3. The van der Waals surface area contributed by atoms with Gasteiger partial charge in [0.15, 0.2) is 0 Å². The molecule has 1 rings (SSSR count). The molecule has 0 spiro atoms. The molecule has 0 fully saturated rings. The highest BCUT2D eigenvalue weighted by molar-refractivity contribution is 5.98. The molecular weight excluding hydrogens is 284 g/mol. The molecule has 0 unspecified atom stereocenters. The van der Waals surface area contributed by atoms with E-state index in [1.54, 1.807) is 24.3 Å². The summed E-state index contributed by atoms with van der Waals surface area (Å²) in [4.78, 5) is 36.5. The van der Waals surface area contributed by atoms with E-state index in [0.29, 0.717) is 11.3 Å². The van der Waals surface area contributed by atoms with Crippen LogP contribution in [0, 0.1) is 0 Å². The van der Waals surface area contributed by atoms with Crippen LogP contribution in [-0.2, 0) is 14.3 Å². The molecule has 0 bridgehead atoms. The molecule has 0 saturated carbocycles. The van der Waals surface area contributed by atoms with Crippen LogP contribution in [0.1, 0.15) is 38.1 Å². The Morgan fingerprint density at radius 3 is 2.09 bits per heavy atom. The molecule has 6 heteroatoms. The van der Waals surface area contributed by atoms with Gasteiger partial charge in [-0.3, -0.25) is 9.59 Å². The van der Waals surface area contributed by atoms with E-state index in [0.717, 1.165) is 0 Å². The molecule has 1 aromatic rings. The third kappa shape index (κ3) is 5.20. The Hall–Kier alpha value is -2.37. The maximum absolute atomic E-state index is 12.0. The first-order chi connectivity index (χ1) is 10.1. The zero-order chi connectivity index (χ0) is 16.9. The van der Waals surface area contributed by atoms with Crippen LogP contribution in [0.5, 0.6) is 0 Å². The Morgan fingerprint density at radius 1 is 1.14 bits per heavy atom. The van der Waals surface area contributed by atoms with Crippen LogP contribution >= 0.6 is 0 Å². The quantitative estimate of drug-likeness (QED) is 0.860. The van der Waals surface area contributed by atoms with Crippen molar-refractivity contribution in [3.8, 4) is 0 Å². The van der Waals surface area contributed by atoms with Crippen LogP contribution in [0.15, 0.2) is 24.3 Å². The number of esters is 1. The summed E-state index contributed by atoms with van der Waals surface area (Å²) in [6, 6.07) is 6.33. The van der Waals surface area contributed by atoms with Crippen molar-refractivity contribution in [3.63, 3.8) is 0 Å². The average Bonchev–Trinajstić information content (AvgIpc) is 2.42. The van der Waals surface area contributed by atoms with Gasteiger partial charge in [-0.25, -0.2) is 4.79 Å². The molecule has 2 amide bonds. The summed E-state index contributed by atoms with van der Waals surface area (Å²) in [5, 5.41) is 2.81. The second-order valence-electron chi connectivity index (χ2n) is 5.94. The Bertz CT molecular complexity index is 559. The first-order valence-corrected chi connectivity index (χ1v) is 6.91. The van der Waals surface area contributed by atoms with E-state index in [9.17, 15) is 14.4 Å². The Morgan fingerprint density at radius 2 is 1.68 bits per heavy atom. The molecule has 0 aliphatic heterocycles. The highest BCUT2D eigenvalue weighted by atomic mass is 16.5. The summed E-state index contributed by atoms with van der Waals surface area (Å²) in [7, 11) is 1.30. The zero-order valence-electron chi connectivity index (χ0n) is 13.6. The average molecular weight is 306 g/mol. The van der Waals surface area contributed by atoms with Gasteiger partial charge in [-0.1, -0.05) is 0 Å². The minimum absolute atomic E-state index is 0.0792. The van der Waals surface area contributed by atoms with Crippen molar-refractivity contribution in [2.24, 2.45) is 0 Å². The standard InChI is InChI=1S/C16H22N2O4/c1-11(19)18(10-14(20)17-16(2,3)4)13-8-6-12(7-9-13)15(21)22-5/h6-9H,10H2,1-5H3,(H,17,20). The lowest BCUT2D eigenvalue weighted by atomic mass is 10.1. The van der Waals surface area contributed by atoms with Gasteiger partial charge in [0, 0.05) is 18.2 Å². The number of anilines is 1. The second-order valence-corrected chi connectivity index (χ2v) is 5.94. The van der Waals surface area contributed by atoms with Gasteiger partial charge in [-0.2, -0.15) is 0 Å². The molecule has 0 aromatic heterocycles. The molecule has 0 heterocycles. The fraction of sp³-hybridized carbons (Fsp3) is 0.438. The maximum Gasteiger partial charge on any atom is 0.337 e. The Kier molecular flexibility index (Phi) is 5.68. The molecule has 22 heavy (non-hydrogen) atoms. The molecular formula is C16H22N2O4. The predicted molar refractivity (Wildman–Crippen MR) is 83.7 cm³/mol. The number of rotatable bonds is 4. The largest absolute Gasteiger partial charge is 0.465 e. The van der Waals surface area contributed by atoms with E-state index >= 15 is 0 Å². The molecule has 1 aromatic carbocycles. The number of ether oxygens (including phenoxy) is 1. The molecule has 0 atom stereocenters. The third-order valence-electron chi connectivity index (χ3n) is 2.80. The summed E-state index contributed by atoms with van der Waals surface area (Å²) in [5.74, 6) is -0.957. The molecule has 1 N–H and O–H groups in total. The number of amides is 2. The molecule has 0 radical (unpaired) electrons. The SMILES string of the molecule is COC(=O)c1ccc(N(CC(=O)NC(C)(C)C)C(C)=O)cc1. The lowest BCUT2D eigenvalue weighted by molar-refractivity contribution is -0.124. The van der Waals surface area contributed by atoms with E-state index < -0.39 is 5.97 Å². The lowest BCUT2D eigenvalue weighted by Gasteiger charge is -2.25. The maximum atomic E-state index is 12.0. The van der Waals surface area contributed by atoms with E-state index in [4.69, 9.17) is 0 Å². The zero-order valence-corrected chi connectivity index (χ0v) is 13.6. The van der Waals surface area contributed by atoms with E-state index in [2.05, 4.69) is 10.1 Å². The van der Waals surface area contributed by atoms with Crippen molar-refractivity contribution in [1.82, 2.24) is 5.32 Å². The fourth-order valence-electron chi connectivity index (χ4n) is 1.88. The summed E-state index contributed by atoms with van der Waals surface area (Å²) in [6.45, 7) is 6.92. The molecule has 0 saturated heterocycles. The van der Waals surface area contributed by atoms with Crippen LogP contribution in [0.4, 0.5) is 5.69 Å². The smallest absolute Gasteiger partial charge is 0.337 e. The number of nitrogens with zero attached hydrogens (tertiary/aromatic N) is 1. The third-order valence-corrected chi connectivity index (χ3v) is 2.80. The van der Waals surface area contributed by atoms with Gasteiger partial charge in [-0.15, -0.1) is 0 Å². The summed E-state index contributed by atoms with van der Waals surface area (Å²) in [5.41, 5.74) is 0.562. The van der Waals surface area contributed by atoms with Gasteiger partial charge in [-0.05, 0) is 45.0 Å². The van der Waals surface area contributed by atoms with Crippen molar-refractivity contribution in [2.45, 2.75) is 33.2 Å². The number of hydrogen-bond acceptors (Lipinski definition) is 4. The predicted octanol–water partition coefficient (Wildman–Crippen LogP) is 1.74. The van der Waals surface area contributed by atoms with Gasteiger partial charge in [0.05, 0.1) is 12.7 Å². The van der Waals surface area contributed by atoms with Gasteiger partial charge in [0.1, 0.15) is 6.54 Å². The van der Waals surface area contributed by atoms with Crippen LogP contribution < -0.4 is 10.2 Å². The highest BCUT2D eigenvalue weighted by Gasteiger charge is 2.20. The molecule has 0 aliphatic rings. The van der Waals surface area contributed by atoms with Gasteiger partial charge < -0.3 is 15.0 Å². The summed E-state index contributed by atoms with van der Waals surface area (Å²) < 4.78 is 4.62. The van der Waals surface area contributed by atoms with Gasteiger partial charge in [0.25, 0.3) is 0 Å². The number of nitrogens with one attached hydrogen (secondary N) is 1. The summed E-state index contributed by atoms with van der Waals surface area (Å²) in [6.07, 6.45) is 0. The number of benzene rings is 1. The lowest BCUT2D eigenvalue weighted by Crippen LogP contribution is -2.47. The van der Waals surface area contributed by atoms with Crippen LogP contribution in [0.3, 0.4) is 0 Å². The Labute approximate surface area is 130 Å². The van der Waals surface area contributed by atoms with Crippen molar-refractivity contribution < 1.29 is 19.1 Å². The Balaban J connectivity index is 2.90. The monoisotopic (exact) mass is 306 g/mol. The van der Waals surface area contributed by atoms with E-state index in [-0.39, 0.29) is 23.9 Å². The topological polar surface area (TPSA) is 75.7 Å². The van der Waals surface area contributed by atoms with E-state index in [1.165, 1.54) is 18.9 Å². The number of hydrogen-bond donors (Lipinski definition) is 1. The summed E-state index contributed by atoms with van der Waals surface area (Å²) >= 11 is 0. The second kappa shape index (κ2) is 7.06. The van der Waals surface area contributed by atoms with Gasteiger partial charge >= 0.3 is 5.97 Å². The fourth-order valence-corrected chi connectivity index (χ4v) is 1.88. The first-order valence-electron chi connectivity index (χ1n) is 6.91. The first kappa shape index (κ1) is 17.7. The van der Waals surface area contributed by atoms with Crippen LogP contribution in [-0.4, -0.2) is 37.0 Å².